The van der Waals surface area contributed by atoms with Gasteiger partial charge >= 0.3 is 0 Å². The predicted octanol–water partition coefficient (Wildman–Crippen LogP) is 4.15. The van der Waals surface area contributed by atoms with Crippen LogP contribution in [0, 0.1) is 5.41 Å². The zero-order valence-corrected chi connectivity index (χ0v) is 11.3. The van der Waals surface area contributed by atoms with Gasteiger partial charge in [0.2, 0.25) is 0 Å². The Hall–Kier alpha value is 0.440. The van der Waals surface area contributed by atoms with Crippen molar-refractivity contribution < 1.29 is 4.74 Å². The van der Waals surface area contributed by atoms with Crippen molar-refractivity contribution in [2.45, 2.75) is 58.0 Å². The minimum Gasteiger partial charge on any atom is -0.379 e. The largest absolute Gasteiger partial charge is 0.379 e. The Morgan fingerprint density at radius 2 is 1.86 bits per heavy atom. The van der Waals surface area contributed by atoms with Gasteiger partial charge in [-0.3, -0.25) is 0 Å². The zero-order chi connectivity index (χ0) is 10.7. The molecule has 1 rings (SSSR count). The molecular formula is C12H23BrO. The molecule has 0 aromatic heterocycles. The number of halogens is 1. The molecule has 0 radical (unpaired) electrons. The van der Waals surface area contributed by atoms with E-state index in [1.807, 2.05) is 7.11 Å². The average molecular weight is 263 g/mol. The summed E-state index contributed by atoms with van der Waals surface area (Å²) < 4.78 is 5.47. The summed E-state index contributed by atoms with van der Waals surface area (Å²) in [4.78, 5) is 0. The van der Waals surface area contributed by atoms with E-state index < -0.39 is 0 Å². The van der Waals surface area contributed by atoms with Crippen molar-refractivity contribution in [1.29, 1.82) is 0 Å². The first-order valence-electron chi connectivity index (χ1n) is 5.65. The third kappa shape index (κ3) is 3.23. The molecule has 0 amide bonds. The number of hydrogen-bond donors (Lipinski definition) is 0. The Morgan fingerprint density at radius 1 is 1.29 bits per heavy atom. The van der Waals surface area contributed by atoms with E-state index in [9.17, 15) is 0 Å². The number of alkyl halides is 1. The normalized spacial score (nSPS) is 21.4. The van der Waals surface area contributed by atoms with Gasteiger partial charge in [0.1, 0.15) is 0 Å². The van der Waals surface area contributed by atoms with Crippen LogP contribution in [0.4, 0.5) is 0 Å². The van der Waals surface area contributed by atoms with Gasteiger partial charge in [-0.25, -0.2) is 0 Å². The molecule has 0 heterocycles. The van der Waals surface area contributed by atoms with Gasteiger partial charge in [-0.2, -0.15) is 0 Å². The molecule has 0 saturated heterocycles. The maximum Gasteiger partial charge on any atom is 0.0623 e. The Kier molecular flexibility index (Phi) is 4.45. The third-order valence-corrected chi connectivity index (χ3v) is 4.95. The van der Waals surface area contributed by atoms with Crippen molar-refractivity contribution in [2.24, 2.45) is 5.41 Å². The van der Waals surface area contributed by atoms with E-state index in [1.54, 1.807) is 0 Å². The molecular weight excluding hydrogens is 240 g/mol. The predicted molar refractivity (Wildman–Crippen MR) is 65.0 cm³/mol. The van der Waals surface area contributed by atoms with Crippen LogP contribution in [0.25, 0.3) is 0 Å². The minimum atomic E-state index is 0.0533. The van der Waals surface area contributed by atoms with Gasteiger partial charge in [0.15, 0.2) is 0 Å². The Morgan fingerprint density at radius 3 is 2.29 bits per heavy atom. The van der Waals surface area contributed by atoms with Crippen molar-refractivity contribution in [3.05, 3.63) is 0 Å². The van der Waals surface area contributed by atoms with Gasteiger partial charge in [-0.1, -0.05) is 28.8 Å². The second-order valence-corrected chi connectivity index (χ2v) is 5.87. The van der Waals surface area contributed by atoms with Gasteiger partial charge in [0.25, 0.3) is 0 Å². The molecule has 0 bridgehead atoms. The minimum absolute atomic E-state index is 0.0533. The maximum absolute atomic E-state index is 5.47. The highest BCUT2D eigenvalue weighted by Crippen LogP contribution is 2.44. The van der Waals surface area contributed by atoms with E-state index in [2.05, 4.69) is 29.8 Å². The quantitative estimate of drug-likeness (QED) is 0.677. The SMILES string of the molecule is COC(C)(C)CCC1(CBr)CCCC1. The number of ether oxygens (including phenoxy) is 1. The average Bonchev–Trinajstić information content (AvgIpc) is 2.65. The first-order valence-corrected chi connectivity index (χ1v) is 6.77. The van der Waals surface area contributed by atoms with Crippen LogP contribution < -0.4 is 0 Å². The van der Waals surface area contributed by atoms with E-state index in [0.29, 0.717) is 5.41 Å². The summed E-state index contributed by atoms with van der Waals surface area (Å²) in [5.41, 5.74) is 0.632. The molecule has 0 spiro atoms. The van der Waals surface area contributed by atoms with Crippen LogP contribution in [0.5, 0.6) is 0 Å². The number of methoxy groups -OCH3 is 1. The van der Waals surface area contributed by atoms with E-state index in [-0.39, 0.29) is 5.60 Å². The molecule has 0 aromatic rings. The van der Waals surface area contributed by atoms with Crippen molar-refractivity contribution in [2.75, 3.05) is 12.4 Å². The Balaban J connectivity index is 2.41. The fraction of sp³-hybridized carbons (Fsp3) is 1.00. The summed E-state index contributed by atoms with van der Waals surface area (Å²) >= 11 is 3.68. The van der Waals surface area contributed by atoms with Crippen LogP contribution in [-0.4, -0.2) is 18.0 Å². The number of hydrogen-bond acceptors (Lipinski definition) is 1. The molecule has 2 heteroatoms. The van der Waals surface area contributed by atoms with Crippen molar-refractivity contribution >= 4 is 15.9 Å². The lowest BCUT2D eigenvalue weighted by molar-refractivity contribution is 0.00551. The topological polar surface area (TPSA) is 9.23 Å². The molecule has 0 N–H and O–H groups in total. The van der Waals surface area contributed by atoms with Crippen LogP contribution in [0.1, 0.15) is 52.4 Å². The van der Waals surface area contributed by atoms with Crippen LogP contribution >= 0.6 is 15.9 Å². The molecule has 14 heavy (non-hydrogen) atoms. The fourth-order valence-electron chi connectivity index (χ4n) is 2.24. The third-order valence-electron chi connectivity index (χ3n) is 3.76. The van der Waals surface area contributed by atoms with E-state index >= 15 is 0 Å². The Labute approximate surface area is 96.7 Å². The molecule has 1 aliphatic rings. The van der Waals surface area contributed by atoms with Gasteiger partial charge in [0, 0.05) is 12.4 Å². The van der Waals surface area contributed by atoms with E-state index in [4.69, 9.17) is 4.74 Å². The van der Waals surface area contributed by atoms with Gasteiger partial charge < -0.3 is 4.74 Å². The summed E-state index contributed by atoms with van der Waals surface area (Å²) in [5.74, 6) is 0. The molecule has 0 unspecified atom stereocenters. The van der Waals surface area contributed by atoms with Crippen LogP contribution in [-0.2, 0) is 4.74 Å². The highest BCUT2D eigenvalue weighted by atomic mass is 79.9. The molecule has 1 fully saturated rings. The van der Waals surface area contributed by atoms with E-state index in [1.165, 1.54) is 43.9 Å². The first-order chi connectivity index (χ1) is 6.54. The standard InChI is InChI=1S/C12H23BrO/c1-11(2,14-3)8-9-12(10-13)6-4-5-7-12/h4-10H2,1-3H3. The lowest BCUT2D eigenvalue weighted by Gasteiger charge is -2.31. The monoisotopic (exact) mass is 262 g/mol. The molecule has 1 aliphatic carbocycles. The van der Waals surface area contributed by atoms with Crippen molar-refractivity contribution in [1.82, 2.24) is 0 Å². The molecule has 1 saturated carbocycles. The van der Waals surface area contributed by atoms with E-state index in [0.717, 1.165) is 0 Å². The van der Waals surface area contributed by atoms with Crippen molar-refractivity contribution in [3.8, 4) is 0 Å². The van der Waals surface area contributed by atoms with Gasteiger partial charge in [0.05, 0.1) is 5.60 Å². The maximum atomic E-state index is 5.47. The summed E-state index contributed by atoms with van der Waals surface area (Å²) in [6.07, 6.45) is 8.11. The Bertz CT molecular complexity index is 171. The highest BCUT2D eigenvalue weighted by molar-refractivity contribution is 9.09. The molecule has 0 atom stereocenters. The summed E-state index contributed by atoms with van der Waals surface area (Å²) in [5, 5.41) is 1.17. The van der Waals surface area contributed by atoms with Crippen LogP contribution in [0.2, 0.25) is 0 Å². The molecule has 84 valence electrons. The zero-order valence-electron chi connectivity index (χ0n) is 9.74. The first kappa shape index (κ1) is 12.5. The summed E-state index contributed by atoms with van der Waals surface area (Å²) in [7, 11) is 1.81. The molecule has 0 aliphatic heterocycles. The lowest BCUT2D eigenvalue weighted by Crippen LogP contribution is -2.27. The van der Waals surface area contributed by atoms with Gasteiger partial charge in [-0.15, -0.1) is 0 Å². The smallest absolute Gasteiger partial charge is 0.0623 e. The molecule has 1 nitrogen and oxygen atoms in total. The van der Waals surface area contributed by atoms with Gasteiger partial charge in [-0.05, 0) is 44.9 Å². The number of rotatable bonds is 5. The molecule has 0 aromatic carbocycles. The van der Waals surface area contributed by atoms with Crippen molar-refractivity contribution in [3.63, 3.8) is 0 Å². The highest BCUT2D eigenvalue weighted by Gasteiger charge is 2.34. The van der Waals surface area contributed by atoms with Crippen LogP contribution in [0.3, 0.4) is 0 Å². The second kappa shape index (κ2) is 4.98. The fourth-order valence-corrected chi connectivity index (χ4v) is 3.08. The van der Waals surface area contributed by atoms with Crippen LogP contribution in [0.15, 0.2) is 0 Å². The second-order valence-electron chi connectivity index (χ2n) is 5.30. The summed E-state index contributed by atoms with van der Waals surface area (Å²) in [6, 6.07) is 0. The summed E-state index contributed by atoms with van der Waals surface area (Å²) in [6.45, 7) is 4.37. The lowest BCUT2D eigenvalue weighted by atomic mass is 9.81.